The molecule has 1 atom stereocenters. The SMILES string of the molecule is CCN1CCN(Cc2ccc(NC(=O)[C@@H](N)CCSC)cc2)CC1. The lowest BCUT2D eigenvalue weighted by molar-refractivity contribution is -0.117. The molecule has 0 unspecified atom stereocenters. The van der Waals surface area contributed by atoms with Crippen molar-refractivity contribution < 1.29 is 4.79 Å². The Balaban J connectivity index is 1.79. The van der Waals surface area contributed by atoms with Crippen LogP contribution in [-0.2, 0) is 11.3 Å². The van der Waals surface area contributed by atoms with Gasteiger partial charge in [0.2, 0.25) is 5.91 Å². The van der Waals surface area contributed by atoms with Crippen molar-refractivity contribution in [1.29, 1.82) is 0 Å². The van der Waals surface area contributed by atoms with Crippen molar-refractivity contribution in [2.45, 2.75) is 25.9 Å². The Labute approximate surface area is 149 Å². The third-order valence-corrected chi connectivity index (χ3v) is 5.15. The zero-order valence-electron chi connectivity index (χ0n) is 14.8. The van der Waals surface area contributed by atoms with Gasteiger partial charge in [0.05, 0.1) is 6.04 Å². The Morgan fingerprint density at radius 1 is 1.21 bits per heavy atom. The van der Waals surface area contributed by atoms with Crippen molar-refractivity contribution in [1.82, 2.24) is 9.80 Å². The maximum Gasteiger partial charge on any atom is 0.241 e. The lowest BCUT2D eigenvalue weighted by atomic mass is 10.1. The Kier molecular flexibility index (Phi) is 8.05. The summed E-state index contributed by atoms with van der Waals surface area (Å²) in [5, 5.41) is 2.90. The quantitative estimate of drug-likeness (QED) is 0.749. The zero-order chi connectivity index (χ0) is 17.4. The van der Waals surface area contributed by atoms with E-state index in [-0.39, 0.29) is 5.91 Å². The largest absolute Gasteiger partial charge is 0.325 e. The molecule has 134 valence electrons. The Hall–Kier alpha value is -1.08. The van der Waals surface area contributed by atoms with Gasteiger partial charge < -0.3 is 16.0 Å². The van der Waals surface area contributed by atoms with Gasteiger partial charge in [-0.1, -0.05) is 19.1 Å². The summed E-state index contributed by atoms with van der Waals surface area (Å²) < 4.78 is 0. The molecule has 1 heterocycles. The first-order chi connectivity index (χ1) is 11.6. The van der Waals surface area contributed by atoms with E-state index in [0.717, 1.165) is 50.7 Å². The van der Waals surface area contributed by atoms with E-state index in [4.69, 9.17) is 5.73 Å². The maximum atomic E-state index is 12.0. The second-order valence-corrected chi connectivity index (χ2v) is 7.27. The molecule has 1 saturated heterocycles. The fourth-order valence-corrected chi connectivity index (χ4v) is 3.32. The summed E-state index contributed by atoms with van der Waals surface area (Å²) in [7, 11) is 0. The molecule has 1 fully saturated rings. The summed E-state index contributed by atoms with van der Waals surface area (Å²) >= 11 is 1.71. The smallest absolute Gasteiger partial charge is 0.241 e. The van der Waals surface area contributed by atoms with Crippen molar-refractivity contribution in [3.05, 3.63) is 29.8 Å². The van der Waals surface area contributed by atoms with E-state index in [1.54, 1.807) is 11.8 Å². The third kappa shape index (κ3) is 6.09. The number of rotatable bonds is 8. The number of hydrogen-bond donors (Lipinski definition) is 2. The highest BCUT2D eigenvalue weighted by Crippen LogP contribution is 2.13. The maximum absolute atomic E-state index is 12.0. The zero-order valence-corrected chi connectivity index (χ0v) is 15.6. The number of carbonyl (C=O) groups excluding carboxylic acids is 1. The minimum Gasteiger partial charge on any atom is -0.325 e. The highest BCUT2D eigenvalue weighted by molar-refractivity contribution is 7.98. The third-order valence-electron chi connectivity index (χ3n) is 4.51. The standard InChI is InChI=1S/C18H30N4OS/c1-3-21-9-11-22(12-10-21)14-15-4-6-16(7-5-15)20-18(23)17(19)8-13-24-2/h4-7,17H,3,8-14,19H2,1-2H3,(H,20,23)/t17-/m0/s1. The fourth-order valence-electron chi connectivity index (χ4n) is 2.83. The van der Waals surface area contributed by atoms with Gasteiger partial charge in [-0.3, -0.25) is 9.69 Å². The molecular weight excluding hydrogens is 320 g/mol. The molecule has 1 aliphatic rings. The molecule has 0 saturated carbocycles. The van der Waals surface area contributed by atoms with Crippen LogP contribution >= 0.6 is 11.8 Å². The number of piperazine rings is 1. The topological polar surface area (TPSA) is 61.6 Å². The lowest BCUT2D eigenvalue weighted by Crippen LogP contribution is -2.45. The van der Waals surface area contributed by atoms with Gasteiger partial charge in [-0.15, -0.1) is 0 Å². The summed E-state index contributed by atoms with van der Waals surface area (Å²) in [4.78, 5) is 17.0. The van der Waals surface area contributed by atoms with E-state index in [1.807, 2.05) is 18.4 Å². The molecule has 3 N–H and O–H groups in total. The molecule has 1 amide bonds. The minimum absolute atomic E-state index is 0.104. The first-order valence-corrected chi connectivity index (χ1v) is 10.1. The first kappa shape index (κ1) is 19.2. The van der Waals surface area contributed by atoms with Crippen LogP contribution in [0.4, 0.5) is 5.69 Å². The van der Waals surface area contributed by atoms with Crippen LogP contribution in [0.2, 0.25) is 0 Å². The molecule has 1 aromatic carbocycles. The minimum atomic E-state index is -0.438. The second kappa shape index (κ2) is 10.0. The molecule has 0 bridgehead atoms. The molecule has 0 spiro atoms. The van der Waals surface area contributed by atoms with E-state index in [1.165, 1.54) is 5.56 Å². The molecule has 1 aromatic rings. The average Bonchev–Trinajstić information content (AvgIpc) is 2.62. The number of benzene rings is 1. The van der Waals surface area contributed by atoms with Crippen molar-refractivity contribution in [2.24, 2.45) is 5.73 Å². The first-order valence-electron chi connectivity index (χ1n) is 8.71. The van der Waals surface area contributed by atoms with Crippen molar-refractivity contribution >= 4 is 23.4 Å². The number of nitrogens with zero attached hydrogens (tertiary/aromatic N) is 2. The number of carbonyl (C=O) groups is 1. The van der Waals surface area contributed by atoms with Gasteiger partial charge in [0, 0.05) is 38.4 Å². The van der Waals surface area contributed by atoms with Crippen LogP contribution in [0.5, 0.6) is 0 Å². The predicted molar refractivity (Wildman–Crippen MR) is 103 cm³/mol. The van der Waals surface area contributed by atoms with Gasteiger partial charge in [0.1, 0.15) is 0 Å². The van der Waals surface area contributed by atoms with Gasteiger partial charge in [-0.2, -0.15) is 11.8 Å². The number of amides is 1. The number of nitrogens with one attached hydrogen (secondary N) is 1. The van der Waals surface area contributed by atoms with E-state index in [0.29, 0.717) is 6.42 Å². The molecule has 0 radical (unpaired) electrons. The van der Waals surface area contributed by atoms with Gasteiger partial charge in [-0.05, 0) is 42.7 Å². The second-order valence-electron chi connectivity index (χ2n) is 6.28. The van der Waals surface area contributed by atoms with Crippen molar-refractivity contribution in [3.63, 3.8) is 0 Å². The number of thioether (sulfide) groups is 1. The summed E-state index contributed by atoms with van der Waals surface area (Å²) in [5.41, 5.74) is 7.99. The summed E-state index contributed by atoms with van der Waals surface area (Å²) in [6.07, 6.45) is 2.72. The normalized spacial score (nSPS) is 17.6. The summed E-state index contributed by atoms with van der Waals surface area (Å²) in [5.74, 6) is 0.797. The van der Waals surface area contributed by atoms with Crippen LogP contribution in [0.15, 0.2) is 24.3 Å². The number of anilines is 1. The molecule has 0 aliphatic carbocycles. The highest BCUT2D eigenvalue weighted by atomic mass is 32.2. The van der Waals surface area contributed by atoms with Crippen LogP contribution in [0.3, 0.4) is 0 Å². The monoisotopic (exact) mass is 350 g/mol. The van der Waals surface area contributed by atoms with Gasteiger partial charge in [-0.25, -0.2) is 0 Å². The van der Waals surface area contributed by atoms with Gasteiger partial charge in [0.25, 0.3) is 0 Å². The fraction of sp³-hybridized carbons (Fsp3) is 0.611. The number of hydrogen-bond acceptors (Lipinski definition) is 5. The molecule has 5 nitrogen and oxygen atoms in total. The van der Waals surface area contributed by atoms with E-state index < -0.39 is 6.04 Å². The highest BCUT2D eigenvalue weighted by Gasteiger charge is 2.16. The van der Waals surface area contributed by atoms with Crippen LogP contribution in [0, 0.1) is 0 Å². The number of likely N-dealkylation sites (N-methyl/N-ethyl adjacent to an activating group) is 1. The van der Waals surface area contributed by atoms with E-state index >= 15 is 0 Å². The molecule has 24 heavy (non-hydrogen) atoms. The molecular formula is C18H30N4OS. The summed E-state index contributed by atoms with van der Waals surface area (Å²) in [6, 6.07) is 7.69. The number of nitrogens with two attached hydrogens (primary N) is 1. The lowest BCUT2D eigenvalue weighted by Gasteiger charge is -2.34. The van der Waals surface area contributed by atoms with Crippen LogP contribution < -0.4 is 11.1 Å². The predicted octanol–water partition coefficient (Wildman–Crippen LogP) is 1.84. The molecule has 0 aromatic heterocycles. The average molecular weight is 351 g/mol. The van der Waals surface area contributed by atoms with Gasteiger partial charge in [0.15, 0.2) is 0 Å². The van der Waals surface area contributed by atoms with Crippen LogP contribution in [0.25, 0.3) is 0 Å². The molecule has 2 rings (SSSR count). The van der Waals surface area contributed by atoms with Gasteiger partial charge >= 0.3 is 0 Å². The van der Waals surface area contributed by atoms with Crippen molar-refractivity contribution in [2.75, 3.05) is 50.0 Å². The van der Waals surface area contributed by atoms with Crippen LogP contribution in [-0.4, -0.2) is 66.5 Å². The molecule has 6 heteroatoms. The Morgan fingerprint density at radius 3 is 2.42 bits per heavy atom. The van der Waals surface area contributed by atoms with Crippen LogP contribution in [0.1, 0.15) is 18.9 Å². The Bertz CT molecular complexity index is 500. The Morgan fingerprint density at radius 2 is 1.83 bits per heavy atom. The van der Waals surface area contributed by atoms with E-state index in [9.17, 15) is 4.79 Å². The van der Waals surface area contributed by atoms with Crippen molar-refractivity contribution in [3.8, 4) is 0 Å². The summed E-state index contributed by atoms with van der Waals surface area (Å²) in [6.45, 7) is 8.88. The van der Waals surface area contributed by atoms with E-state index in [2.05, 4.69) is 34.2 Å². The molecule has 1 aliphatic heterocycles.